The molecule has 0 aliphatic carbocycles. The number of fused-ring (bicyclic) bond motifs is 4. The molecule has 0 spiro atoms. The van der Waals surface area contributed by atoms with Crippen molar-refractivity contribution in [1.82, 2.24) is 20.3 Å². The van der Waals surface area contributed by atoms with E-state index in [-0.39, 0.29) is 51.4 Å². The summed E-state index contributed by atoms with van der Waals surface area (Å²) in [6, 6.07) is 6.10. The maximum Gasteiger partial charge on any atom is 0.227 e. The summed E-state index contributed by atoms with van der Waals surface area (Å²) in [7, 11) is 1.67. The van der Waals surface area contributed by atoms with Gasteiger partial charge in [-0.05, 0) is 50.3 Å². The average molecular weight is 531 g/mol. The molecule has 0 radical (unpaired) electrons. The second kappa shape index (κ2) is 9.50. The third kappa shape index (κ3) is 4.23. The number of hydrogen-bond donors (Lipinski definition) is 3. The normalized spacial score (nSPS) is 18.6. The van der Waals surface area contributed by atoms with Crippen molar-refractivity contribution in [2.45, 2.75) is 44.9 Å². The summed E-state index contributed by atoms with van der Waals surface area (Å²) in [5, 5.41) is 18.1. The molecular weight excluding hydrogens is 502 g/mol. The Kier molecular flexibility index (Phi) is 6.11. The first kappa shape index (κ1) is 25.1. The van der Waals surface area contributed by atoms with E-state index >= 15 is 4.39 Å². The number of piperazine rings is 1. The van der Waals surface area contributed by atoms with Crippen molar-refractivity contribution in [3.63, 3.8) is 0 Å². The molecule has 2 unspecified atom stereocenters. The van der Waals surface area contributed by atoms with Gasteiger partial charge in [0.05, 0.1) is 11.7 Å². The molecule has 2 aliphatic heterocycles. The van der Waals surface area contributed by atoms with Gasteiger partial charge in [0, 0.05) is 43.2 Å². The Labute approximate surface area is 224 Å². The second-order valence-electron chi connectivity index (χ2n) is 10.3. The summed E-state index contributed by atoms with van der Waals surface area (Å²) in [5.41, 5.74) is -0.0678. The lowest BCUT2D eigenvalue weighted by Gasteiger charge is -2.34. The van der Waals surface area contributed by atoms with Gasteiger partial charge in [0.1, 0.15) is 34.0 Å². The molecule has 4 aromatic rings. The Morgan fingerprint density at radius 2 is 1.87 bits per heavy atom. The number of nitrogens with one attached hydrogen (secondary N) is 2. The van der Waals surface area contributed by atoms with Gasteiger partial charge in [0.15, 0.2) is 5.82 Å². The first-order chi connectivity index (χ1) is 18.8. The zero-order valence-electron chi connectivity index (χ0n) is 21.8. The molecule has 2 bridgehead atoms. The van der Waals surface area contributed by atoms with Crippen LogP contribution in [0.5, 0.6) is 11.6 Å². The maximum absolute atomic E-state index is 16.6. The van der Waals surface area contributed by atoms with Crippen LogP contribution in [0.2, 0.25) is 0 Å². The third-order valence-electron chi connectivity index (χ3n) is 7.27. The Morgan fingerprint density at radius 1 is 1.13 bits per heavy atom. The monoisotopic (exact) mass is 530 g/mol. The summed E-state index contributed by atoms with van der Waals surface area (Å²) in [6.45, 7) is 5.11. The topological polar surface area (TPSA) is 95.4 Å². The standard InChI is InChI=1S/C29H28F2N6O2/c1-5-19-21(30)9-6-15-10-18(38)11-20(22(15)19)25-24(31)26-23(28(34-25)39-14(2)3)27(36-29(32-4)35-26)37-12-16-7-8-17(13-37)33-16/h1,6,9-11,14,16-17,33,38H,7-8,12-13H2,2-4H3,(H,32,35,36). The fourth-order valence-corrected chi connectivity index (χ4v) is 5.67. The van der Waals surface area contributed by atoms with Crippen molar-refractivity contribution in [1.29, 1.82) is 0 Å². The zero-order chi connectivity index (χ0) is 27.4. The minimum absolute atomic E-state index is 0.00559. The molecule has 0 saturated carbocycles. The van der Waals surface area contributed by atoms with E-state index in [1.807, 2.05) is 13.8 Å². The van der Waals surface area contributed by atoms with Gasteiger partial charge in [-0.1, -0.05) is 12.0 Å². The lowest BCUT2D eigenvalue weighted by atomic mass is 9.95. The number of rotatable bonds is 5. The molecule has 2 fully saturated rings. The van der Waals surface area contributed by atoms with E-state index < -0.39 is 11.6 Å². The fraction of sp³-hybridized carbons (Fsp3) is 0.345. The van der Waals surface area contributed by atoms with E-state index in [9.17, 15) is 9.50 Å². The first-order valence-electron chi connectivity index (χ1n) is 13.0. The van der Waals surface area contributed by atoms with Crippen molar-refractivity contribution in [3.05, 3.63) is 41.5 Å². The zero-order valence-corrected chi connectivity index (χ0v) is 21.8. The van der Waals surface area contributed by atoms with Crippen molar-refractivity contribution >= 4 is 33.4 Å². The molecular formula is C29H28F2N6O2. The van der Waals surface area contributed by atoms with Crippen LogP contribution in [-0.4, -0.2) is 58.4 Å². The molecule has 8 nitrogen and oxygen atoms in total. The van der Waals surface area contributed by atoms with Crippen LogP contribution in [-0.2, 0) is 0 Å². The highest BCUT2D eigenvalue weighted by Crippen LogP contribution is 2.42. The van der Waals surface area contributed by atoms with Gasteiger partial charge in [-0.25, -0.2) is 18.7 Å². The van der Waals surface area contributed by atoms with E-state index in [1.54, 1.807) is 7.05 Å². The lowest BCUT2D eigenvalue weighted by Crippen LogP contribution is -2.51. The number of ether oxygens (including phenoxy) is 1. The summed E-state index contributed by atoms with van der Waals surface area (Å²) in [6.07, 6.45) is 7.49. The largest absolute Gasteiger partial charge is 0.508 e. The van der Waals surface area contributed by atoms with E-state index in [4.69, 9.17) is 16.1 Å². The molecule has 2 aromatic heterocycles. The molecule has 2 saturated heterocycles. The van der Waals surface area contributed by atoms with Crippen molar-refractivity contribution < 1.29 is 18.6 Å². The third-order valence-corrected chi connectivity index (χ3v) is 7.27. The minimum Gasteiger partial charge on any atom is -0.508 e. The Hall–Kier alpha value is -4.23. The number of phenolic OH excluding ortho intramolecular Hbond substituents is 1. The number of pyridine rings is 1. The summed E-state index contributed by atoms with van der Waals surface area (Å²) < 4.78 is 37.5. The van der Waals surface area contributed by atoms with E-state index in [1.165, 1.54) is 24.3 Å². The molecule has 0 amide bonds. The van der Waals surface area contributed by atoms with Gasteiger partial charge in [0.2, 0.25) is 11.8 Å². The molecule has 39 heavy (non-hydrogen) atoms. The first-order valence-corrected chi connectivity index (χ1v) is 13.0. The molecule has 10 heteroatoms. The van der Waals surface area contributed by atoms with Crippen LogP contribution in [0.4, 0.5) is 20.5 Å². The number of anilines is 2. The number of halogens is 2. The quantitative estimate of drug-likeness (QED) is 0.323. The number of benzene rings is 2. The highest BCUT2D eigenvalue weighted by atomic mass is 19.1. The highest BCUT2D eigenvalue weighted by molar-refractivity contribution is 6.04. The number of phenols is 1. The van der Waals surface area contributed by atoms with E-state index in [2.05, 4.69) is 31.4 Å². The van der Waals surface area contributed by atoms with Gasteiger partial charge >= 0.3 is 0 Å². The van der Waals surface area contributed by atoms with E-state index in [0.717, 1.165) is 12.8 Å². The van der Waals surface area contributed by atoms with Crippen LogP contribution in [0.25, 0.3) is 32.9 Å². The van der Waals surface area contributed by atoms with Crippen molar-refractivity contribution in [2.24, 2.45) is 0 Å². The van der Waals surface area contributed by atoms with Crippen LogP contribution in [0.15, 0.2) is 24.3 Å². The fourth-order valence-electron chi connectivity index (χ4n) is 5.67. The minimum atomic E-state index is -0.751. The number of hydrogen-bond acceptors (Lipinski definition) is 8. The number of terminal acetylenes is 1. The van der Waals surface area contributed by atoms with Crippen molar-refractivity contribution in [3.8, 4) is 35.2 Å². The molecule has 4 heterocycles. The van der Waals surface area contributed by atoms with Gasteiger partial charge in [-0.3, -0.25) is 0 Å². The van der Waals surface area contributed by atoms with Crippen LogP contribution in [0.1, 0.15) is 32.3 Å². The Balaban J connectivity index is 1.68. The maximum atomic E-state index is 16.6. The number of aromatic nitrogens is 3. The second-order valence-corrected chi connectivity index (χ2v) is 10.3. The lowest BCUT2D eigenvalue weighted by molar-refractivity contribution is 0.236. The van der Waals surface area contributed by atoms with Crippen LogP contribution >= 0.6 is 0 Å². The molecule has 200 valence electrons. The molecule has 2 aliphatic rings. The van der Waals surface area contributed by atoms with Crippen molar-refractivity contribution in [2.75, 3.05) is 30.4 Å². The number of aromatic hydroxyl groups is 1. The average Bonchev–Trinajstić information content (AvgIpc) is 3.26. The summed E-state index contributed by atoms with van der Waals surface area (Å²) in [4.78, 5) is 16.0. The van der Waals surface area contributed by atoms with Gasteiger partial charge in [0.25, 0.3) is 0 Å². The van der Waals surface area contributed by atoms with Gasteiger partial charge in [-0.2, -0.15) is 4.98 Å². The van der Waals surface area contributed by atoms with Crippen LogP contribution < -0.4 is 20.3 Å². The molecule has 2 aromatic carbocycles. The van der Waals surface area contributed by atoms with E-state index in [0.29, 0.717) is 41.8 Å². The van der Waals surface area contributed by atoms with Gasteiger partial charge < -0.3 is 25.4 Å². The smallest absolute Gasteiger partial charge is 0.227 e. The molecule has 6 rings (SSSR count). The van der Waals surface area contributed by atoms with Crippen LogP contribution in [0, 0.1) is 24.0 Å². The van der Waals surface area contributed by atoms with Gasteiger partial charge in [-0.15, -0.1) is 6.42 Å². The molecule has 3 N–H and O–H groups in total. The highest BCUT2D eigenvalue weighted by Gasteiger charge is 2.35. The van der Waals surface area contributed by atoms with Crippen LogP contribution in [0.3, 0.4) is 0 Å². The predicted molar refractivity (Wildman–Crippen MR) is 147 cm³/mol. The summed E-state index contributed by atoms with van der Waals surface area (Å²) in [5.74, 6) is 1.77. The summed E-state index contributed by atoms with van der Waals surface area (Å²) >= 11 is 0. The predicted octanol–water partition coefficient (Wildman–Crippen LogP) is 4.58. The SMILES string of the molecule is C#Cc1c(F)ccc2cc(O)cc(-c3nc(OC(C)C)c4c(N5CC6CCC(C5)N6)nc(NC)nc4c3F)c12. The number of nitrogens with zero attached hydrogens (tertiary/aromatic N) is 4. The molecule has 2 atom stereocenters. The Morgan fingerprint density at radius 3 is 2.54 bits per heavy atom. The Bertz CT molecular complexity index is 1660.